The molecular formula is C11H16N6OS. The first-order valence-corrected chi connectivity index (χ1v) is 6.81. The zero-order valence-electron chi connectivity index (χ0n) is 10.6. The van der Waals surface area contributed by atoms with E-state index in [4.69, 9.17) is 10.6 Å². The van der Waals surface area contributed by atoms with Gasteiger partial charge in [-0.05, 0) is 24.8 Å². The van der Waals surface area contributed by atoms with E-state index in [9.17, 15) is 0 Å². The van der Waals surface area contributed by atoms with Crippen LogP contribution in [0.4, 0.5) is 11.9 Å². The highest BCUT2D eigenvalue weighted by molar-refractivity contribution is 7.09. The first-order chi connectivity index (χ1) is 9.31. The van der Waals surface area contributed by atoms with E-state index >= 15 is 0 Å². The van der Waals surface area contributed by atoms with Crippen LogP contribution in [0.3, 0.4) is 0 Å². The molecule has 0 radical (unpaired) electrons. The van der Waals surface area contributed by atoms with Crippen molar-refractivity contribution in [1.82, 2.24) is 15.0 Å². The second-order valence-electron chi connectivity index (χ2n) is 3.60. The predicted molar refractivity (Wildman–Crippen MR) is 75.3 cm³/mol. The van der Waals surface area contributed by atoms with Crippen molar-refractivity contribution in [3.63, 3.8) is 0 Å². The average Bonchev–Trinajstić information content (AvgIpc) is 2.92. The lowest BCUT2D eigenvalue weighted by Gasteiger charge is -2.07. The molecule has 19 heavy (non-hydrogen) atoms. The number of nitrogens with one attached hydrogen (secondary N) is 2. The second kappa shape index (κ2) is 6.86. The molecule has 2 heterocycles. The maximum Gasteiger partial charge on any atom is 0.323 e. The fourth-order valence-electron chi connectivity index (χ4n) is 1.45. The molecule has 0 atom stereocenters. The number of hydrogen-bond donors (Lipinski definition) is 3. The predicted octanol–water partition coefficient (Wildman–Crippen LogP) is 1.27. The summed E-state index contributed by atoms with van der Waals surface area (Å²) in [6.07, 6.45) is 0.915. The smallest absolute Gasteiger partial charge is 0.323 e. The molecule has 2 rings (SSSR count). The van der Waals surface area contributed by atoms with Crippen molar-refractivity contribution >= 4 is 23.2 Å². The number of hydrazine groups is 1. The van der Waals surface area contributed by atoms with Crippen molar-refractivity contribution in [3.05, 3.63) is 22.4 Å². The van der Waals surface area contributed by atoms with Crippen LogP contribution in [-0.2, 0) is 6.42 Å². The minimum Gasteiger partial charge on any atom is -0.464 e. The van der Waals surface area contributed by atoms with Gasteiger partial charge in [0.15, 0.2) is 0 Å². The van der Waals surface area contributed by atoms with Crippen LogP contribution in [0.15, 0.2) is 17.5 Å². The maximum absolute atomic E-state index is 5.31. The summed E-state index contributed by atoms with van der Waals surface area (Å²) in [7, 11) is 0. The summed E-state index contributed by atoms with van der Waals surface area (Å²) in [6.45, 7) is 3.09. The molecule has 0 aliphatic rings. The van der Waals surface area contributed by atoms with Crippen LogP contribution in [0.25, 0.3) is 0 Å². The van der Waals surface area contributed by atoms with Crippen LogP contribution >= 0.6 is 11.3 Å². The van der Waals surface area contributed by atoms with Gasteiger partial charge in [0.1, 0.15) is 0 Å². The number of nitrogen functional groups attached to an aromatic ring is 1. The largest absolute Gasteiger partial charge is 0.464 e. The molecule has 8 heteroatoms. The van der Waals surface area contributed by atoms with Crippen molar-refractivity contribution in [2.45, 2.75) is 13.3 Å². The molecule has 0 unspecified atom stereocenters. The van der Waals surface area contributed by atoms with Crippen LogP contribution in [0, 0.1) is 0 Å². The van der Waals surface area contributed by atoms with Crippen LogP contribution in [0.1, 0.15) is 11.8 Å². The summed E-state index contributed by atoms with van der Waals surface area (Å²) < 4.78 is 5.25. The zero-order chi connectivity index (χ0) is 13.5. The number of nitrogens with two attached hydrogens (primary N) is 1. The SMILES string of the molecule is CCOc1nc(NN)nc(NCCc2cccs2)n1. The number of rotatable bonds is 7. The number of hydrogen-bond acceptors (Lipinski definition) is 8. The lowest BCUT2D eigenvalue weighted by atomic mass is 10.3. The van der Waals surface area contributed by atoms with E-state index in [-0.39, 0.29) is 12.0 Å². The van der Waals surface area contributed by atoms with Crippen LogP contribution < -0.4 is 21.3 Å². The van der Waals surface area contributed by atoms with Crippen molar-refractivity contribution in [2.24, 2.45) is 5.84 Å². The number of nitrogens with zero attached hydrogens (tertiary/aromatic N) is 3. The summed E-state index contributed by atoms with van der Waals surface area (Å²) in [5.41, 5.74) is 2.39. The molecule has 0 amide bonds. The molecule has 7 nitrogen and oxygen atoms in total. The molecule has 0 aliphatic carbocycles. The minimum absolute atomic E-state index is 0.254. The Morgan fingerprint density at radius 1 is 1.32 bits per heavy atom. The molecule has 0 bridgehead atoms. The van der Waals surface area contributed by atoms with E-state index < -0.39 is 0 Å². The van der Waals surface area contributed by atoms with Gasteiger partial charge in [-0.3, -0.25) is 5.43 Å². The lowest BCUT2D eigenvalue weighted by molar-refractivity contribution is 0.312. The highest BCUT2D eigenvalue weighted by Gasteiger charge is 2.06. The monoisotopic (exact) mass is 280 g/mol. The summed E-state index contributed by atoms with van der Waals surface area (Å²) in [6, 6.07) is 4.38. The highest BCUT2D eigenvalue weighted by atomic mass is 32.1. The van der Waals surface area contributed by atoms with Crippen LogP contribution in [-0.4, -0.2) is 28.1 Å². The lowest BCUT2D eigenvalue weighted by Crippen LogP contribution is -2.15. The Bertz CT molecular complexity index is 504. The van der Waals surface area contributed by atoms with Crippen molar-refractivity contribution < 1.29 is 4.74 Å². The Hall–Kier alpha value is -1.93. The van der Waals surface area contributed by atoms with Gasteiger partial charge in [0.05, 0.1) is 6.61 Å². The molecule has 0 spiro atoms. The third-order valence-electron chi connectivity index (χ3n) is 2.25. The summed E-state index contributed by atoms with van der Waals surface area (Å²) in [4.78, 5) is 13.5. The van der Waals surface area contributed by atoms with Crippen LogP contribution in [0.5, 0.6) is 6.01 Å². The molecule has 4 N–H and O–H groups in total. The second-order valence-corrected chi connectivity index (χ2v) is 4.63. The Kier molecular flexibility index (Phi) is 4.87. The number of thiophene rings is 1. The standard InChI is InChI=1S/C11H16N6OS/c1-2-18-11-15-9(14-10(16-11)17-12)13-6-5-8-4-3-7-19-8/h3-4,7H,2,5-6,12H2,1H3,(H2,13,14,15,16,17). The molecule has 0 aliphatic heterocycles. The summed E-state index contributed by atoms with van der Waals surface area (Å²) in [5, 5.41) is 5.18. The van der Waals surface area contributed by atoms with Gasteiger partial charge >= 0.3 is 6.01 Å². The van der Waals surface area contributed by atoms with E-state index in [1.54, 1.807) is 11.3 Å². The van der Waals surface area contributed by atoms with Gasteiger partial charge in [0.2, 0.25) is 11.9 Å². The molecule has 0 fully saturated rings. The van der Waals surface area contributed by atoms with Crippen molar-refractivity contribution in [1.29, 1.82) is 0 Å². The number of ether oxygens (including phenoxy) is 1. The number of aromatic nitrogens is 3. The van der Waals surface area contributed by atoms with Gasteiger partial charge in [0, 0.05) is 11.4 Å². The normalized spacial score (nSPS) is 10.2. The van der Waals surface area contributed by atoms with Crippen molar-refractivity contribution in [3.8, 4) is 6.01 Å². The average molecular weight is 280 g/mol. The molecule has 0 aromatic carbocycles. The highest BCUT2D eigenvalue weighted by Crippen LogP contribution is 2.12. The zero-order valence-corrected chi connectivity index (χ0v) is 11.4. The van der Waals surface area contributed by atoms with E-state index in [1.807, 2.05) is 13.0 Å². The molecule has 2 aromatic rings. The Balaban J connectivity index is 1.96. The van der Waals surface area contributed by atoms with E-state index in [0.29, 0.717) is 12.6 Å². The van der Waals surface area contributed by atoms with E-state index in [2.05, 4.69) is 37.1 Å². The maximum atomic E-state index is 5.31. The fraction of sp³-hybridized carbons (Fsp3) is 0.364. The Labute approximate surface area is 115 Å². The molecule has 0 saturated heterocycles. The summed E-state index contributed by atoms with van der Waals surface area (Å²) >= 11 is 1.73. The van der Waals surface area contributed by atoms with E-state index in [0.717, 1.165) is 13.0 Å². The van der Waals surface area contributed by atoms with Gasteiger partial charge in [-0.15, -0.1) is 11.3 Å². The fourth-order valence-corrected chi connectivity index (χ4v) is 2.16. The topological polar surface area (TPSA) is 98.0 Å². The number of anilines is 2. The van der Waals surface area contributed by atoms with Gasteiger partial charge in [0.25, 0.3) is 0 Å². The quantitative estimate of drug-likeness (QED) is 0.519. The molecular weight excluding hydrogens is 264 g/mol. The molecule has 0 saturated carbocycles. The molecule has 2 aromatic heterocycles. The first kappa shape index (κ1) is 13.5. The van der Waals surface area contributed by atoms with Gasteiger partial charge in [-0.1, -0.05) is 6.07 Å². The van der Waals surface area contributed by atoms with Gasteiger partial charge < -0.3 is 10.1 Å². The summed E-state index contributed by atoms with van der Waals surface area (Å²) in [5.74, 6) is 6.03. The van der Waals surface area contributed by atoms with Crippen LogP contribution in [0.2, 0.25) is 0 Å². The van der Waals surface area contributed by atoms with Crippen molar-refractivity contribution in [2.75, 3.05) is 23.9 Å². The molecule has 102 valence electrons. The van der Waals surface area contributed by atoms with Gasteiger partial charge in [-0.2, -0.15) is 15.0 Å². The minimum atomic E-state index is 0.254. The third kappa shape index (κ3) is 4.04. The first-order valence-electron chi connectivity index (χ1n) is 5.93. The Morgan fingerprint density at radius 2 is 2.16 bits per heavy atom. The Morgan fingerprint density at radius 3 is 2.84 bits per heavy atom. The third-order valence-corrected chi connectivity index (χ3v) is 3.19. The van der Waals surface area contributed by atoms with Gasteiger partial charge in [-0.25, -0.2) is 5.84 Å². The van der Waals surface area contributed by atoms with E-state index in [1.165, 1.54) is 4.88 Å².